The molecule has 4 aliphatic carbocycles. The Morgan fingerprint density at radius 1 is 1.07 bits per heavy atom. The third-order valence-corrected chi connectivity index (χ3v) is 9.45. The molecule has 3 nitrogen and oxygen atoms in total. The van der Waals surface area contributed by atoms with Crippen LogP contribution in [0.15, 0.2) is 11.8 Å². The molecule has 0 amide bonds. The number of fused-ring (bicyclic) bond motifs is 5. The van der Waals surface area contributed by atoms with Crippen molar-refractivity contribution < 1.29 is 9.53 Å². The number of ketones is 1. The number of likely N-dealkylation sites (N-methyl/N-ethyl adjacent to an activating group) is 1. The van der Waals surface area contributed by atoms with Crippen LogP contribution in [-0.2, 0) is 9.53 Å². The zero-order chi connectivity index (χ0) is 19.9. The first-order chi connectivity index (χ1) is 13.4. The van der Waals surface area contributed by atoms with Crippen LogP contribution >= 0.6 is 12.4 Å². The lowest BCUT2D eigenvalue weighted by molar-refractivity contribution is -0.127. The third-order valence-electron chi connectivity index (χ3n) is 9.45. The predicted molar refractivity (Wildman–Crippen MR) is 121 cm³/mol. The second kappa shape index (κ2) is 8.91. The summed E-state index contributed by atoms with van der Waals surface area (Å²) in [5.41, 5.74) is 0.757. The summed E-state index contributed by atoms with van der Waals surface area (Å²) in [6.45, 7) is 13.0. The molecule has 0 aliphatic heterocycles. The van der Waals surface area contributed by atoms with Crippen LogP contribution in [0.25, 0.3) is 0 Å². The van der Waals surface area contributed by atoms with Crippen LogP contribution in [0.4, 0.5) is 0 Å². The van der Waals surface area contributed by atoms with Gasteiger partial charge in [-0.15, -0.1) is 12.4 Å². The molecule has 0 aromatic heterocycles. The minimum atomic E-state index is 0. The van der Waals surface area contributed by atoms with Gasteiger partial charge in [-0.2, -0.15) is 0 Å². The summed E-state index contributed by atoms with van der Waals surface area (Å²) in [6.07, 6.45) is 12.6. The number of Topliss-reactive ketones (excluding diaryl/α,β-unsaturated/α-hetero) is 1. The van der Waals surface area contributed by atoms with Crippen molar-refractivity contribution in [3.8, 4) is 0 Å². The van der Waals surface area contributed by atoms with Crippen LogP contribution in [0.1, 0.15) is 79.1 Å². The van der Waals surface area contributed by atoms with Crippen molar-refractivity contribution in [3.05, 3.63) is 11.8 Å². The van der Waals surface area contributed by atoms with E-state index in [2.05, 4.69) is 38.7 Å². The molecule has 4 rings (SSSR count). The first kappa shape index (κ1) is 23.1. The molecule has 0 aromatic rings. The average Bonchev–Trinajstić information content (AvgIpc) is 3.08. The van der Waals surface area contributed by atoms with E-state index < -0.39 is 0 Å². The van der Waals surface area contributed by atoms with E-state index in [1.54, 1.807) is 0 Å². The van der Waals surface area contributed by atoms with Crippen LogP contribution in [-0.4, -0.2) is 36.9 Å². The van der Waals surface area contributed by atoms with Crippen molar-refractivity contribution in [1.82, 2.24) is 4.90 Å². The topological polar surface area (TPSA) is 29.5 Å². The number of halogens is 1. The van der Waals surface area contributed by atoms with Crippen molar-refractivity contribution in [2.24, 2.45) is 34.5 Å². The fourth-order valence-electron chi connectivity index (χ4n) is 7.64. The number of rotatable bonds is 6. The molecule has 0 bridgehead atoms. The van der Waals surface area contributed by atoms with Gasteiger partial charge in [0.15, 0.2) is 11.5 Å². The second-order valence-corrected chi connectivity index (χ2v) is 10.6. The summed E-state index contributed by atoms with van der Waals surface area (Å²) < 4.78 is 6.10. The van der Waals surface area contributed by atoms with E-state index in [4.69, 9.17) is 4.74 Å². The van der Waals surface area contributed by atoms with Crippen LogP contribution in [0.2, 0.25) is 0 Å². The van der Waals surface area contributed by atoms with Crippen LogP contribution in [0.5, 0.6) is 0 Å². The quantitative estimate of drug-likeness (QED) is 0.534. The number of hydrogen-bond donors (Lipinski definition) is 0. The number of nitrogens with zero attached hydrogens (tertiary/aromatic N) is 1. The Morgan fingerprint density at radius 2 is 1.83 bits per heavy atom. The van der Waals surface area contributed by atoms with Gasteiger partial charge in [-0.25, -0.2) is 0 Å². The summed E-state index contributed by atoms with van der Waals surface area (Å²) in [4.78, 5) is 15.2. The van der Waals surface area contributed by atoms with Gasteiger partial charge in [-0.1, -0.05) is 34.1 Å². The number of carbonyl (C=O) groups is 1. The second-order valence-electron chi connectivity index (χ2n) is 10.6. The maximum atomic E-state index is 12.8. The van der Waals surface area contributed by atoms with Crippen molar-refractivity contribution in [2.45, 2.75) is 79.1 Å². The number of carbonyl (C=O) groups excluding carboxylic acids is 1. The molecule has 0 aromatic carbocycles. The predicted octanol–water partition coefficient (Wildman–Crippen LogP) is 5.87. The Hall–Kier alpha value is -0.540. The van der Waals surface area contributed by atoms with E-state index in [1.165, 1.54) is 44.9 Å². The third kappa shape index (κ3) is 4.03. The summed E-state index contributed by atoms with van der Waals surface area (Å²) in [6, 6.07) is 0. The first-order valence-electron chi connectivity index (χ1n) is 12.0. The number of allylic oxidation sites excluding steroid dienone is 2. The lowest BCUT2D eigenvalue weighted by Crippen LogP contribution is -2.52. The molecule has 0 radical (unpaired) electrons. The molecule has 0 saturated heterocycles. The molecule has 3 fully saturated rings. The van der Waals surface area contributed by atoms with Gasteiger partial charge in [0.25, 0.3) is 0 Å². The number of hydrogen-bond acceptors (Lipinski definition) is 3. The van der Waals surface area contributed by atoms with Gasteiger partial charge < -0.3 is 9.64 Å². The lowest BCUT2D eigenvalue weighted by atomic mass is 9.46. The minimum absolute atomic E-state index is 0. The molecule has 0 heterocycles. The van der Waals surface area contributed by atoms with Gasteiger partial charge in [-0.05, 0) is 92.2 Å². The normalized spacial score (nSPS) is 41.1. The average molecular weight is 424 g/mol. The van der Waals surface area contributed by atoms with Crippen molar-refractivity contribution >= 4 is 18.2 Å². The highest BCUT2D eigenvalue weighted by molar-refractivity contribution is 5.94. The summed E-state index contributed by atoms with van der Waals surface area (Å²) in [5.74, 6) is 4.00. The zero-order valence-corrected chi connectivity index (χ0v) is 19.9. The zero-order valence-electron chi connectivity index (χ0n) is 19.0. The summed E-state index contributed by atoms with van der Waals surface area (Å²) in [5, 5.41) is 0. The minimum Gasteiger partial charge on any atom is -0.489 e. The molecule has 3 saturated carbocycles. The molecule has 4 aliphatic rings. The van der Waals surface area contributed by atoms with Crippen LogP contribution < -0.4 is 0 Å². The standard InChI is InChI=1S/C25H41NO2.ClH/c1-5-26(6-2)14-15-28-23-17-25(4)18(16-22(23)27)9-10-19-20-8-7-12-24(20,3)13-11-21(19)25;/h17-21H,5-16H2,1-4H3;1H/t18?,19-,20-,21-,24-,25-;/m0./s1. The molecule has 6 atom stereocenters. The van der Waals surface area contributed by atoms with Gasteiger partial charge in [0, 0.05) is 13.0 Å². The smallest absolute Gasteiger partial charge is 0.197 e. The van der Waals surface area contributed by atoms with Crippen molar-refractivity contribution in [2.75, 3.05) is 26.2 Å². The molecule has 0 N–H and O–H groups in total. The summed E-state index contributed by atoms with van der Waals surface area (Å²) in [7, 11) is 0. The lowest BCUT2D eigenvalue weighted by Gasteiger charge is -2.58. The molecule has 166 valence electrons. The molecule has 1 unspecified atom stereocenters. The van der Waals surface area contributed by atoms with Crippen molar-refractivity contribution in [1.29, 1.82) is 0 Å². The van der Waals surface area contributed by atoms with Crippen molar-refractivity contribution in [3.63, 3.8) is 0 Å². The van der Waals surface area contributed by atoms with Crippen LogP contribution in [0, 0.1) is 34.5 Å². The van der Waals surface area contributed by atoms with E-state index in [-0.39, 0.29) is 23.6 Å². The fraction of sp³-hybridized carbons (Fsp3) is 0.880. The first-order valence-corrected chi connectivity index (χ1v) is 12.0. The molecule has 4 heteroatoms. The molecular formula is C25H42ClNO2. The van der Waals surface area contributed by atoms with E-state index in [0.29, 0.717) is 30.1 Å². The van der Waals surface area contributed by atoms with Gasteiger partial charge >= 0.3 is 0 Å². The largest absolute Gasteiger partial charge is 0.489 e. The Labute approximate surface area is 184 Å². The van der Waals surface area contributed by atoms with E-state index in [1.807, 2.05) is 0 Å². The highest BCUT2D eigenvalue weighted by Gasteiger charge is 2.57. The van der Waals surface area contributed by atoms with Gasteiger partial charge in [0.1, 0.15) is 6.61 Å². The highest BCUT2D eigenvalue weighted by Crippen LogP contribution is 2.65. The monoisotopic (exact) mass is 423 g/mol. The highest BCUT2D eigenvalue weighted by atomic mass is 35.5. The van der Waals surface area contributed by atoms with E-state index in [0.717, 1.165) is 37.4 Å². The number of ether oxygens (including phenoxy) is 1. The molecular weight excluding hydrogens is 382 g/mol. The van der Waals surface area contributed by atoms with Crippen LogP contribution in [0.3, 0.4) is 0 Å². The van der Waals surface area contributed by atoms with E-state index in [9.17, 15) is 4.79 Å². The van der Waals surface area contributed by atoms with Gasteiger partial charge in [-0.3, -0.25) is 4.79 Å². The Kier molecular flexibility index (Phi) is 7.10. The molecule has 29 heavy (non-hydrogen) atoms. The maximum Gasteiger partial charge on any atom is 0.197 e. The maximum absolute atomic E-state index is 12.8. The van der Waals surface area contributed by atoms with E-state index >= 15 is 0 Å². The van der Waals surface area contributed by atoms with Gasteiger partial charge in [0.2, 0.25) is 0 Å². The Bertz CT molecular complexity index is 630. The Morgan fingerprint density at radius 3 is 2.55 bits per heavy atom. The molecule has 0 spiro atoms. The summed E-state index contributed by atoms with van der Waals surface area (Å²) >= 11 is 0. The Balaban J connectivity index is 0.00000240. The van der Waals surface area contributed by atoms with Gasteiger partial charge in [0.05, 0.1) is 0 Å². The SMILES string of the molecule is CCN(CC)CCOC1=C[C@@]2(C)C(CC[C@H]3[C@@H]4CCC[C@@]4(C)CC[C@@H]32)CC1=O.Cl. The fourth-order valence-corrected chi connectivity index (χ4v) is 7.64.